The van der Waals surface area contributed by atoms with Crippen molar-refractivity contribution in [3.8, 4) is 12.3 Å². The Morgan fingerprint density at radius 2 is 2.18 bits per heavy atom. The predicted molar refractivity (Wildman–Crippen MR) is 48.5 cm³/mol. The van der Waals surface area contributed by atoms with E-state index in [-0.39, 0.29) is 0 Å². The van der Waals surface area contributed by atoms with E-state index in [4.69, 9.17) is 23.8 Å². The van der Waals surface area contributed by atoms with Crippen LogP contribution in [0.4, 0.5) is 5.69 Å². The molecular weight excluding hydrogens is 158 g/mol. The second-order valence-electron chi connectivity index (χ2n) is 2.33. The Morgan fingerprint density at radius 1 is 1.55 bits per heavy atom. The van der Waals surface area contributed by atoms with Gasteiger partial charge in [0.2, 0.25) is 0 Å². The Hall–Kier alpha value is -1.13. The van der Waals surface area contributed by atoms with Crippen molar-refractivity contribution in [2.75, 3.05) is 5.73 Å². The van der Waals surface area contributed by atoms with Crippen LogP contribution in [-0.4, -0.2) is 0 Å². The number of benzene rings is 1. The Morgan fingerprint density at radius 3 is 2.73 bits per heavy atom. The molecule has 1 rings (SSSR count). The number of halogens is 1. The lowest BCUT2D eigenvalue weighted by Crippen LogP contribution is -1.91. The van der Waals surface area contributed by atoms with E-state index in [1.165, 1.54) is 0 Å². The fourth-order valence-corrected chi connectivity index (χ4v) is 0.993. The molecule has 11 heavy (non-hydrogen) atoms. The van der Waals surface area contributed by atoms with Crippen molar-refractivity contribution < 1.29 is 0 Å². The Labute approximate surface area is 71.2 Å². The third-order valence-corrected chi connectivity index (χ3v) is 1.89. The molecule has 0 aliphatic heterocycles. The summed E-state index contributed by atoms with van der Waals surface area (Å²) in [5, 5.41) is 0.659. The van der Waals surface area contributed by atoms with Crippen molar-refractivity contribution in [3.63, 3.8) is 0 Å². The Bertz CT molecular complexity index is 323. The van der Waals surface area contributed by atoms with Crippen molar-refractivity contribution in [2.45, 2.75) is 6.92 Å². The standard InChI is InChI=1S/C9H8ClN/c1-3-7-5-8(10)6(2)4-9(7)11/h1,4-5H,11H2,2H3. The first kappa shape index (κ1) is 7.97. The maximum atomic E-state index is 5.81. The van der Waals surface area contributed by atoms with Gasteiger partial charge < -0.3 is 5.73 Å². The van der Waals surface area contributed by atoms with Crippen LogP contribution in [0, 0.1) is 19.3 Å². The molecule has 0 atom stereocenters. The molecule has 1 aromatic rings. The van der Waals surface area contributed by atoms with E-state index in [9.17, 15) is 0 Å². The fourth-order valence-electron chi connectivity index (χ4n) is 0.829. The minimum Gasteiger partial charge on any atom is -0.398 e. The summed E-state index contributed by atoms with van der Waals surface area (Å²) >= 11 is 5.81. The smallest absolute Gasteiger partial charge is 0.0487 e. The van der Waals surface area contributed by atoms with E-state index in [1.54, 1.807) is 12.1 Å². The molecule has 0 fully saturated rings. The van der Waals surface area contributed by atoms with Crippen LogP contribution in [0.3, 0.4) is 0 Å². The summed E-state index contributed by atoms with van der Waals surface area (Å²) in [6.07, 6.45) is 5.18. The second-order valence-corrected chi connectivity index (χ2v) is 2.74. The summed E-state index contributed by atoms with van der Waals surface area (Å²) < 4.78 is 0. The molecule has 2 N–H and O–H groups in total. The van der Waals surface area contributed by atoms with Crippen molar-refractivity contribution in [1.29, 1.82) is 0 Å². The maximum Gasteiger partial charge on any atom is 0.0487 e. The summed E-state index contributed by atoms with van der Waals surface area (Å²) in [7, 11) is 0. The van der Waals surface area contributed by atoms with E-state index >= 15 is 0 Å². The van der Waals surface area contributed by atoms with Crippen LogP contribution in [-0.2, 0) is 0 Å². The van der Waals surface area contributed by atoms with Crippen molar-refractivity contribution in [3.05, 3.63) is 28.3 Å². The highest BCUT2D eigenvalue weighted by Gasteiger charge is 1.99. The van der Waals surface area contributed by atoms with Crippen LogP contribution >= 0.6 is 11.6 Å². The van der Waals surface area contributed by atoms with Crippen LogP contribution in [0.5, 0.6) is 0 Å². The molecule has 0 saturated heterocycles. The lowest BCUT2D eigenvalue weighted by Gasteiger charge is -2.01. The zero-order valence-corrected chi connectivity index (χ0v) is 6.94. The van der Waals surface area contributed by atoms with Crippen LogP contribution < -0.4 is 5.73 Å². The molecule has 0 aliphatic rings. The number of anilines is 1. The summed E-state index contributed by atoms with van der Waals surface area (Å²) in [5.41, 5.74) is 7.81. The number of hydrogen-bond acceptors (Lipinski definition) is 1. The topological polar surface area (TPSA) is 26.0 Å². The number of hydrogen-bond donors (Lipinski definition) is 1. The fraction of sp³-hybridized carbons (Fsp3) is 0.111. The second kappa shape index (κ2) is 2.86. The van der Waals surface area contributed by atoms with Crippen LogP contribution in [0.15, 0.2) is 12.1 Å². The van der Waals surface area contributed by atoms with Gasteiger partial charge in [-0.05, 0) is 24.6 Å². The average Bonchev–Trinajstić information content (AvgIpc) is 1.97. The normalized spacial score (nSPS) is 9.18. The van der Waals surface area contributed by atoms with Crippen LogP contribution in [0.1, 0.15) is 11.1 Å². The van der Waals surface area contributed by atoms with Gasteiger partial charge in [-0.15, -0.1) is 6.42 Å². The highest BCUT2D eigenvalue weighted by atomic mass is 35.5. The first-order valence-electron chi connectivity index (χ1n) is 3.17. The minimum absolute atomic E-state index is 0.606. The molecule has 2 heteroatoms. The SMILES string of the molecule is C#Cc1cc(Cl)c(C)cc1N. The number of nitrogen functional groups attached to an aromatic ring is 1. The van der Waals surface area contributed by atoms with E-state index in [0.29, 0.717) is 16.3 Å². The van der Waals surface area contributed by atoms with Gasteiger partial charge in [-0.1, -0.05) is 17.5 Å². The highest BCUT2D eigenvalue weighted by molar-refractivity contribution is 6.31. The molecule has 0 spiro atoms. The van der Waals surface area contributed by atoms with E-state index in [1.807, 2.05) is 6.92 Å². The summed E-state index contributed by atoms with van der Waals surface area (Å²) in [4.78, 5) is 0. The van der Waals surface area contributed by atoms with E-state index in [2.05, 4.69) is 5.92 Å². The largest absolute Gasteiger partial charge is 0.398 e. The lowest BCUT2D eigenvalue weighted by molar-refractivity contribution is 1.46. The van der Waals surface area contributed by atoms with Crippen molar-refractivity contribution in [1.82, 2.24) is 0 Å². The van der Waals surface area contributed by atoms with Gasteiger partial charge in [0, 0.05) is 16.3 Å². The quantitative estimate of drug-likeness (QED) is 0.463. The van der Waals surface area contributed by atoms with Gasteiger partial charge in [-0.3, -0.25) is 0 Å². The molecule has 0 unspecified atom stereocenters. The summed E-state index contributed by atoms with van der Waals surface area (Å²) in [6, 6.07) is 3.48. The molecule has 0 bridgehead atoms. The van der Waals surface area contributed by atoms with Gasteiger partial charge >= 0.3 is 0 Å². The molecule has 0 aromatic heterocycles. The highest BCUT2D eigenvalue weighted by Crippen LogP contribution is 2.21. The van der Waals surface area contributed by atoms with Crippen LogP contribution in [0.2, 0.25) is 5.02 Å². The predicted octanol–water partition coefficient (Wildman–Crippen LogP) is 2.21. The monoisotopic (exact) mass is 165 g/mol. The Balaban J connectivity index is 3.35. The van der Waals surface area contributed by atoms with Gasteiger partial charge in [0.15, 0.2) is 0 Å². The molecule has 0 heterocycles. The maximum absolute atomic E-state index is 5.81. The van der Waals surface area contributed by atoms with E-state index < -0.39 is 0 Å². The molecule has 56 valence electrons. The van der Waals surface area contributed by atoms with Gasteiger partial charge in [0.25, 0.3) is 0 Å². The van der Waals surface area contributed by atoms with Crippen molar-refractivity contribution >= 4 is 17.3 Å². The molecule has 0 radical (unpaired) electrons. The summed E-state index contributed by atoms with van der Waals surface area (Å²) in [5.74, 6) is 2.45. The third kappa shape index (κ3) is 1.47. The first-order valence-corrected chi connectivity index (χ1v) is 3.55. The molecule has 0 aliphatic carbocycles. The van der Waals surface area contributed by atoms with Gasteiger partial charge in [-0.25, -0.2) is 0 Å². The zero-order chi connectivity index (χ0) is 8.43. The Kier molecular flexibility index (Phi) is 2.07. The molecule has 0 saturated carbocycles. The number of nitrogens with two attached hydrogens (primary N) is 1. The van der Waals surface area contributed by atoms with Crippen LogP contribution in [0.25, 0.3) is 0 Å². The average molecular weight is 166 g/mol. The molecule has 0 amide bonds. The minimum atomic E-state index is 0.606. The lowest BCUT2D eigenvalue weighted by atomic mass is 10.1. The first-order chi connectivity index (χ1) is 5.15. The van der Waals surface area contributed by atoms with E-state index in [0.717, 1.165) is 5.56 Å². The van der Waals surface area contributed by atoms with Gasteiger partial charge in [-0.2, -0.15) is 0 Å². The molecular formula is C9H8ClN. The van der Waals surface area contributed by atoms with Crippen molar-refractivity contribution in [2.24, 2.45) is 0 Å². The number of terminal acetylenes is 1. The number of rotatable bonds is 0. The van der Waals surface area contributed by atoms with Gasteiger partial charge in [0.05, 0.1) is 0 Å². The number of aryl methyl sites for hydroxylation is 1. The molecule has 1 nitrogen and oxygen atoms in total. The van der Waals surface area contributed by atoms with Gasteiger partial charge in [0.1, 0.15) is 0 Å². The zero-order valence-electron chi connectivity index (χ0n) is 6.19. The molecule has 1 aromatic carbocycles. The third-order valence-electron chi connectivity index (χ3n) is 1.49. The summed E-state index contributed by atoms with van der Waals surface area (Å²) in [6.45, 7) is 1.89.